The van der Waals surface area contributed by atoms with Crippen LogP contribution in [-0.2, 0) is 11.3 Å². The van der Waals surface area contributed by atoms with Crippen LogP contribution in [0.2, 0.25) is 0 Å². The highest BCUT2D eigenvalue weighted by Crippen LogP contribution is 2.28. The number of amides is 1. The van der Waals surface area contributed by atoms with Gasteiger partial charge >= 0.3 is 0 Å². The lowest BCUT2D eigenvalue weighted by Gasteiger charge is -2.37. The number of hydrogen-bond donors (Lipinski definition) is 2. The molecule has 2 aromatic rings. The lowest BCUT2D eigenvalue weighted by molar-refractivity contribution is 0.0512. The number of aromatic nitrogens is 2. The van der Waals surface area contributed by atoms with Crippen molar-refractivity contribution in [3.63, 3.8) is 0 Å². The van der Waals surface area contributed by atoms with E-state index in [0.29, 0.717) is 25.3 Å². The van der Waals surface area contributed by atoms with E-state index in [9.17, 15) is 4.79 Å². The summed E-state index contributed by atoms with van der Waals surface area (Å²) in [5.74, 6) is -0.0262. The van der Waals surface area contributed by atoms with Crippen LogP contribution >= 0.6 is 0 Å². The van der Waals surface area contributed by atoms with Gasteiger partial charge in [0.15, 0.2) is 0 Å². The molecule has 0 atom stereocenters. The molecule has 2 heterocycles. The van der Waals surface area contributed by atoms with Crippen molar-refractivity contribution in [1.82, 2.24) is 20.4 Å². The van der Waals surface area contributed by atoms with E-state index >= 15 is 0 Å². The Morgan fingerprint density at radius 2 is 1.96 bits per heavy atom. The predicted octanol–water partition coefficient (Wildman–Crippen LogP) is 2.29. The number of nitrogens with one attached hydrogen (secondary N) is 2. The second-order valence-electron chi connectivity index (χ2n) is 7.65. The molecule has 1 aromatic heterocycles. The third-order valence-electron chi connectivity index (χ3n) is 5.39. The van der Waals surface area contributed by atoms with Crippen LogP contribution < -0.4 is 10.6 Å². The number of ether oxygens (including phenoxy) is 1. The van der Waals surface area contributed by atoms with Crippen LogP contribution in [-0.4, -0.2) is 49.0 Å². The van der Waals surface area contributed by atoms with Gasteiger partial charge in [0.1, 0.15) is 0 Å². The number of aryl methyl sites for hydroxylation is 2. The Labute approximate surface area is 161 Å². The fourth-order valence-electron chi connectivity index (χ4n) is 3.77. The molecule has 6 heteroatoms. The highest BCUT2D eigenvalue weighted by Gasteiger charge is 2.32. The van der Waals surface area contributed by atoms with E-state index in [1.807, 2.05) is 35.9 Å². The van der Waals surface area contributed by atoms with Crippen molar-refractivity contribution >= 4 is 5.91 Å². The van der Waals surface area contributed by atoms with Crippen LogP contribution in [0.3, 0.4) is 0 Å². The van der Waals surface area contributed by atoms with E-state index in [0.717, 1.165) is 42.9 Å². The second kappa shape index (κ2) is 8.67. The molecule has 1 aliphatic heterocycles. The van der Waals surface area contributed by atoms with Crippen LogP contribution in [0.15, 0.2) is 30.3 Å². The fraction of sp³-hybridized carbons (Fsp3) is 0.524. The second-order valence-corrected chi connectivity index (χ2v) is 7.65. The van der Waals surface area contributed by atoms with Crippen molar-refractivity contribution in [2.75, 3.05) is 33.4 Å². The Hall–Kier alpha value is -2.18. The van der Waals surface area contributed by atoms with Crippen molar-refractivity contribution in [3.8, 4) is 0 Å². The van der Waals surface area contributed by atoms with E-state index in [1.165, 1.54) is 0 Å². The molecule has 0 unspecified atom stereocenters. The average Bonchev–Trinajstić information content (AvgIpc) is 2.98. The van der Waals surface area contributed by atoms with E-state index in [-0.39, 0.29) is 11.3 Å². The molecule has 146 valence electrons. The number of nitrogens with zero attached hydrogens (tertiary/aromatic N) is 2. The van der Waals surface area contributed by atoms with Gasteiger partial charge in [0.2, 0.25) is 0 Å². The van der Waals surface area contributed by atoms with Crippen molar-refractivity contribution < 1.29 is 9.53 Å². The molecule has 0 aliphatic carbocycles. The summed E-state index contributed by atoms with van der Waals surface area (Å²) in [6.07, 6.45) is 2.03. The standard InChI is InChI=1S/C21H30N4O2/c1-16-12-17(2)25(24-16)13-18-4-6-19(7-5-18)20(26)23-14-21(15-27-3)8-10-22-11-9-21/h4-7,12,22H,8-11,13-15H2,1-3H3,(H,23,26). The van der Waals surface area contributed by atoms with Crippen LogP contribution in [0.4, 0.5) is 0 Å². The first-order chi connectivity index (χ1) is 13.0. The number of rotatable bonds is 7. The lowest BCUT2D eigenvalue weighted by Crippen LogP contribution is -2.47. The van der Waals surface area contributed by atoms with Gasteiger partial charge in [0.25, 0.3) is 5.91 Å². The summed E-state index contributed by atoms with van der Waals surface area (Å²) in [7, 11) is 1.73. The van der Waals surface area contributed by atoms with Gasteiger partial charge in [0, 0.05) is 30.3 Å². The maximum Gasteiger partial charge on any atom is 0.251 e. The lowest BCUT2D eigenvalue weighted by atomic mass is 9.79. The minimum absolute atomic E-state index is 0.0262. The molecule has 0 spiro atoms. The zero-order valence-electron chi connectivity index (χ0n) is 16.5. The van der Waals surface area contributed by atoms with Gasteiger partial charge in [0.05, 0.1) is 18.8 Å². The first-order valence-corrected chi connectivity index (χ1v) is 9.59. The number of piperidine rings is 1. The molecule has 27 heavy (non-hydrogen) atoms. The Kier molecular flexibility index (Phi) is 6.29. The molecule has 6 nitrogen and oxygen atoms in total. The third kappa shape index (κ3) is 4.96. The van der Waals surface area contributed by atoms with Crippen molar-refractivity contribution in [3.05, 3.63) is 52.8 Å². The van der Waals surface area contributed by atoms with E-state index in [4.69, 9.17) is 4.74 Å². The van der Waals surface area contributed by atoms with Crippen LogP contribution in [0.5, 0.6) is 0 Å². The molecule has 0 radical (unpaired) electrons. The smallest absolute Gasteiger partial charge is 0.251 e. The predicted molar refractivity (Wildman–Crippen MR) is 106 cm³/mol. The molecule has 0 bridgehead atoms. The number of carbonyl (C=O) groups is 1. The molecule has 2 N–H and O–H groups in total. The van der Waals surface area contributed by atoms with Gasteiger partial charge < -0.3 is 15.4 Å². The monoisotopic (exact) mass is 370 g/mol. The number of benzene rings is 1. The summed E-state index contributed by atoms with van der Waals surface area (Å²) < 4.78 is 7.40. The highest BCUT2D eigenvalue weighted by molar-refractivity contribution is 5.94. The van der Waals surface area contributed by atoms with Gasteiger partial charge in [-0.25, -0.2) is 0 Å². The van der Waals surface area contributed by atoms with Gasteiger partial charge in [-0.1, -0.05) is 12.1 Å². The van der Waals surface area contributed by atoms with Gasteiger partial charge in [-0.2, -0.15) is 5.10 Å². The third-order valence-corrected chi connectivity index (χ3v) is 5.39. The molecule has 1 aliphatic rings. The molecular formula is C21H30N4O2. The Balaban J connectivity index is 1.59. The molecule has 1 aromatic carbocycles. The first-order valence-electron chi connectivity index (χ1n) is 9.59. The van der Waals surface area contributed by atoms with Crippen LogP contribution in [0.25, 0.3) is 0 Å². The summed E-state index contributed by atoms with van der Waals surface area (Å²) in [6.45, 7) is 8.03. The summed E-state index contributed by atoms with van der Waals surface area (Å²) in [6, 6.07) is 9.85. The van der Waals surface area contributed by atoms with Crippen LogP contribution in [0.1, 0.15) is 40.2 Å². The summed E-state index contributed by atoms with van der Waals surface area (Å²) in [4.78, 5) is 12.6. The minimum Gasteiger partial charge on any atom is -0.384 e. The fourth-order valence-corrected chi connectivity index (χ4v) is 3.77. The van der Waals surface area contributed by atoms with Gasteiger partial charge in [-0.15, -0.1) is 0 Å². The molecule has 1 amide bonds. The maximum atomic E-state index is 12.6. The topological polar surface area (TPSA) is 68.2 Å². The molecule has 0 saturated carbocycles. The van der Waals surface area contributed by atoms with Crippen molar-refractivity contribution in [2.24, 2.45) is 5.41 Å². The average molecular weight is 370 g/mol. The Morgan fingerprint density at radius 1 is 1.26 bits per heavy atom. The zero-order valence-corrected chi connectivity index (χ0v) is 16.5. The van der Waals surface area contributed by atoms with E-state index < -0.39 is 0 Å². The summed E-state index contributed by atoms with van der Waals surface area (Å²) in [5.41, 5.74) is 4.01. The van der Waals surface area contributed by atoms with Gasteiger partial charge in [-0.3, -0.25) is 9.48 Å². The largest absolute Gasteiger partial charge is 0.384 e. The molecule has 1 saturated heterocycles. The van der Waals surface area contributed by atoms with Crippen LogP contribution in [0, 0.1) is 19.3 Å². The quantitative estimate of drug-likeness (QED) is 0.785. The summed E-state index contributed by atoms with van der Waals surface area (Å²) >= 11 is 0. The van der Waals surface area contributed by atoms with Crippen molar-refractivity contribution in [1.29, 1.82) is 0 Å². The molecule has 1 fully saturated rings. The zero-order chi connectivity index (χ0) is 19.3. The van der Waals surface area contributed by atoms with E-state index in [2.05, 4.69) is 28.7 Å². The first kappa shape index (κ1) is 19.6. The minimum atomic E-state index is -0.0262. The SMILES string of the molecule is COCC1(CNC(=O)c2ccc(Cn3nc(C)cc3C)cc2)CCNCC1. The molecular weight excluding hydrogens is 340 g/mol. The normalized spacial score (nSPS) is 16.3. The highest BCUT2D eigenvalue weighted by atomic mass is 16.5. The summed E-state index contributed by atoms with van der Waals surface area (Å²) in [5, 5.41) is 11.0. The number of methoxy groups -OCH3 is 1. The number of hydrogen-bond acceptors (Lipinski definition) is 4. The number of carbonyl (C=O) groups excluding carboxylic acids is 1. The Morgan fingerprint density at radius 3 is 2.56 bits per heavy atom. The molecule has 3 rings (SSSR count). The van der Waals surface area contributed by atoms with Crippen molar-refractivity contribution in [2.45, 2.75) is 33.2 Å². The van der Waals surface area contributed by atoms with Gasteiger partial charge in [-0.05, 0) is 63.5 Å². The maximum absolute atomic E-state index is 12.6. The van der Waals surface area contributed by atoms with E-state index in [1.54, 1.807) is 7.11 Å². The Bertz CT molecular complexity index is 755.